The van der Waals surface area contributed by atoms with Gasteiger partial charge in [-0.2, -0.15) is 0 Å². The second-order valence-corrected chi connectivity index (χ2v) is 9.54. The van der Waals surface area contributed by atoms with Gasteiger partial charge in [-0.1, -0.05) is 38.1 Å². The molecule has 1 aliphatic heterocycles. The molecule has 0 saturated carbocycles. The average Bonchev–Trinajstić information content (AvgIpc) is 3.29. The van der Waals surface area contributed by atoms with Crippen LogP contribution in [0.15, 0.2) is 54.2 Å². The highest BCUT2D eigenvalue weighted by atomic mass is 32.1. The topological polar surface area (TPSA) is 75.2 Å². The van der Waals surface area contributed by atoms with Crippen molar-refractivity contribution in [3.05, 3.63) is 70.3 Å². The lowest BCUT2D eigenvalue weighted by Crippen LogP contribution is -2.53. The first-order valence-corrected chi connectivity index (χ1v) is 11.8. The van der Waals surface area contributed by atoms with E-state index in [1.165, 1.54) is 11.3 Å². The number of benzene rings is 1. The second kappa shape index (κ2) is 9.61. The van der Waals surface area contributed by atoms with Crippen molar-refractivity contribution in [1.29, 1.82) is 0 Å². The van der Waals surface area contributed by atoms with E-state index >= 15 is 0 Å². The van der Waals surface area contributed by atoms with Crippen molar-refractivity contribution in [3.63, 3.8) is 0 Å². The normalized spacial score (nSPS) is 16.5. The number of rotatable bonds is 6. The summed E-state index contributed by atoms with van der Waals surface area (Å²) < 4.78 is 0. The number of aromatic nitrogens is 2. The highest BCUT2D eigenvalue weighted by Gasteiger charge is 2.35. The first-order valence-electron chi connectivity index (χ1n) is 10.9. The quantitative estimate of drug-likeness (QED) is 0.607. The van der Waals surface area contributed by atoms with Gasteiger partial charge in [-0.25, -0.2) is 4.98 Å². The predicted molar refractivity (Wildman–Crippen MR) is 126 cm³/mol. The van der Waals surface area contributed by atoms with Crippen LogP contribution in [0, 0.1) is 5.92 Å². The van der Waals surface area contributed by atoms with Gasteiger partial charge >= 0.3 is 0 Å². The number of fused-ring (bicyclic) bond motifs is 1. The predicted octanol–water partition coefficient (Wildman–Crippen LogP) is 4.38. The van der Waals surface area contributed by atoms with Crippen LogP contribution < -0.4 is 5.32 Å². The van der Waals surface area contributed by atoms with Gasteiger partial charge in [0.25, 0.3) is 0 Å². The Balaban J connectivity index is 1.51. The van der Waals surface area contributed by atoms with E-state index in [2.05, 4.69) is 10.3 Å². The third kappa shape index (κ3) is 4.88. The van der Waals surface area contributed by atoms with Crippen LogP contribution in [-0.2, 0) is 22.6 Å². The van der Waals surface area contributed by atoms with Crippen LogP contribution >= 0.6 is 11.3 Å². The van der Waals surface area contributed by atoms with Crippen molar-refractivity contribution in [2.24, 2.45) is 5.92 Å². The molecule has 4 rings (SSSR count). The third-order valence-corrected chi connectivity index (χ3v) is 6.71. The van der Waals surface area contributed by atoms with E-state index in [1.807, 2.05) is 62.5 Å². The molecular weight excluding hydrogens is 420 g/mol. The van der Waals surface area contributed by atoms with E-state index in [0.717, 1.165) is 27.4 Å². The summed E-state index contributed by atoms with van der Waals surface area (Å²) in [5, 5.41) is 5.93. The molecule has 3 heterocycles. The largest absolute Gasteiger partial charge is 0.345 e. The summed E-state index contributed by atoms with van der Waals surface area (Å²) in [6, 6.07) is 11.1. The molecule has 32 heavy (non-hydrogen) atoms. The first-order chi connectivity index (χ1) is 15.4. The van der Waals surface area contributed by atoms with E-state index in [0.29, 0.717) is 19.4 Å². The van der Waals surface area contributed by atoms with Crippen molar-refractivity contribution >= 4 is 23.2 Å². The number of hydrogen-bond donors (Lipinski definition) is 1. The van der Waals surface area contributed by atoms with Crippen molar-refractivity contribution in [2.75, 3.05) is 0 Å². The monoisotopic (exact) mass is 448 g/mol. The maximum Gasteiger partial charge on any atom is 0.243 e. The summed E-state index contributed by atoms with van der Waals surface area (Å²) in [4.78, 5) is 36.8. The summed E-state index contributed by atoms with van der Waals surface area (Å²) >= 11 is 1.52. The molecule has 0 spiro atoms. The SMILES string of the molecule is CC(C)CC(=O)N1Cc2ccccc2CC1C(=O)NC(C)c1nc(-c2ccncc2)cs1. The molecule has 0 radical (unpaired) electrons. The van der Waals surface area contributed by atoms with Gasteiger partial charge in [0.1, 0.15) is 11.0 Å². The zero-order valence-electron chi connectivity index (χ0n) is 18.6. The van der Waals surface area contributed by atoms with Crippen LogP contribution in [0.25, 0.3) is 11.3 Å². The van der Waals surface area contributed by atoms with Gasteiger partial charge < -0.3 is 10.2 Å². The highest BCUT2D eigenvalue weighted by molar-refractivity contribution is 7.10. The van der Waals surface area contributed by atoms with E-state index in [-0.39, 0.29) is 23.8 Å². The first kappa shape index (κ1) is 22.1. The minimum atomic E-state index is -0.516. The van der Waals surface area contributed by atoms with E-state index in [9.17, 15) is 9.59 Å². The lowest BCUT2D eigenvalue weighted by atomic mass is 9.92. The number of amides is 2. The van der Waals surface area contributed by atoms with Gasteiger partial charge in [0, 0.05) is 42.7 Å². The fourth-order valence-corrected chi connectivity index (χ4v) is 4.83. The summed E-state index contributed by atoms with van der Waals surface area (Å²) in [6.07, 6.45) is 4.44. The van der Waals surface area contributed by atoms with E-state index in [4.69, 9.17) is 4.98 Å². The molecule has 3 aromatic rings. The number of pyridine rings is 1. The minimum absolute atomic E-state index is 0.0246. The Labute approximate surface area is 192 Å². The fraction of sp³-hybridized carbons (Fsp3) is 0.360. The molecule has 2 atom stereocenters. The Morgan fingerprint density at radius 3 is 2.56 bits per heavy atom. The molecule has 2 amide bonds. The molecule has 6 nitrogen and oxygen atoms in total. The Bertz CT molecular complexity index is 1100. The molecule has 1 N–H and O–H groups in total. The van der Waals surface area contributed by atoms with Gasteiger partial charge in [-0.15, -0.1) is 11.3 Å². The smallest absolute Gasteiger partial charge is 0.243 e. The Morgan fingerprint density at radius 2 is 1.84 bits per heavy atom. The number of carbonyl (C=O) groups is 2. The van der Waals surface area contributed by atoms with Crippen LogP contribution in [0.4, 0.5) is 0 Å². The molecular formula is C25H28N4O2S. The van der Waals surface area contributed by atoms with Crippen LogP contribution in [-0.4, -0.2) is 32.7 Å². The zero-order valence-corrected chi connectivity index (χ0v) is 19.4. The third-order valence-electron chi connectivity index (χ3n) is 5.68. The maximum atomic E-state index is 13.3. The highest BCUT2D eigenvalue weighted by Crippen LogP contribution is 2.27. The Kier molecular flexibility index (Phi) is 6.65. The van der Waals surface area contributed by atoms with Crippen LogP contribution in [0.5, 0.6) is 0 Å². The molecule has 1 aliphatic rings. The molecule has 166 valence electrons. The zero-order chi connectivity index (χ0) is 22.7. The minimum Gasteiger partial charge on any atom is -0.345 e. The number of nitrogens with zero attached hydrogens (tertiary/aromatic N) is 3. The van der Waals surface area contributed by atoms with Crippen LogP contribution in [0.1, 0.15) is 49.4 Å². The van der Waals surface area contributed by atoms with E-state index in [1.54, 1.807) is 17.3 Å². The molecule has 1 aromatic carbocycles. The molecule has 0 fully saturated rings. The number of nitrogens with one attached hydrogen (secondary N) is 1. The molecule has 7 heteroatoms. The summed E-state index contributed by atoms with van der Waals surface area (Å²) in [6.45, 7) is 6.45. The van der Waals surface area contributed by atoms with Crippen LogP contribution in [0.3, 0.4) is 0 Å². The van der Waals surface area contributed by atoms with Gasteiger partial charge in [-0.05, 0) is 36.1 Å². The fourth-order valence-electron chi connectivity index (χ4n) is 4.00. The molecule has 2 aromatic heterocycles. The number of carbonyl (C=O) groups excluding carboxylic acids is 2. The summed E-state index contributed by atoms with van der Waals surface area (Å²) in [7, 11) is 0. The van der Waals surface area contributed by atoms with E-state index < -0.39 is 6.04 Å². The Hall–Kier alpha value is -3.06. The Morgan fingerprint density at radius 1 is 1.12 bits per heavy atom. The lowest BCUT2D eigenvalue weighted by molar-refractivity contribution is -0.142. The standard InChI is InChI=1S/C25H28N4O2S/c1-16(2)12-23(30)29-14-20-7-5-4-6-19(20)13-22(29)24(31)27-17(3)25-28-21(15-32-25)18-8-10-26-11-9-18/h4-11,15-17,22H,12-14H2,1-3H3,(H,27,31). The van der Waals surface area contributed by atoms with Crippen molar-refractivity contribution < 1.29 is 9.59 Å². The van der Waals surface area contributed by atoms with Crippen molar-refractivity contribution in [2.45, 2.75) is 52.2 Å². The summed E-state index contributed by atoms with van der Waals surface area (Å²) in [5.74, 6) is 0.130. The summed E-state index contributed by atoms with van der Waals surface area (Å²) in [5.41, 5.74) is 4.11. The maximum absolute atomic E-state index is 13.3. The second-order valence-electron chi connectivity index (χ2n) is 8.65. The van der Waals surface area contributed by atoms with Gasteiger partial charge in [0.15, 0.2) is 0 Å². The van der Waals surface area contributed by atoms with Crippen molar-refractivity contribution in [3.8, 4) is 11.3 Å². The lowest BCUT2D eigenvalue weighted by Gasteiger charge is -2.37. The number of thiazole rings is 1. The van der Waals surface area contributed by atoms with Gasteiger partial charge in [0.2, 0.25) is 11.8 Å². The molecule has 0 aliphatic carbocycles. The average molecular weight is 449 g/mol. The molecule has 2 unspecified atom stereocenters. The van der Waals surface area contributed by atoms with Crippen LogP contribution in [0.2, 0.25) is 0 Å². The molecule has 0 saturated heterocycles. The number of hydrogen-bond acceptors (Lipinski definition) is 5. The van der Waals surface area contributed by atoms with Gasteiger partial charge in [0.05, 0.1) is 11.7 Å². The van der Waals surface area contributed by atoms with Gasteiger partial charge in [-0.3, -0.25) is 14.6 Å². The molecule has 0 bridgehead atoms. The van der Waals surface area contributed by atoms with Crippen molar-refractivity contribution in [1.82, 2.24) is 20.2 Å².